The number of ether oxygens (including phenoxy) is 2. The van der Waals surface area contributed by atoms with Gasteiger partial charge in [-0.25, -0.2) is 4.98 Å². The summed E-state index contributed by atoms with van der Waals surface area (Å²) in [7, 11) is 7.44. The molecule has 1 aliphatic heterocycles. The summed E-state index contributed by atoms with van der Waals surface area (Å²) in [5.41, 5.74) is 0.938. The van der Waals surface area contributed by atoms with Gasteiger partial charge in [0, 0.05) is 28.2 Å². The van der Waals surface area contributed by atoms with Gasteiger partial charge in [0.05, 0.1) is 11.8 Å². The summed E-state index contributed by atoms with van der Waals surface area (Å²) in [6, 6.07) is 5.25. The average Bonchev–Trinajstić information content (AvgIpc) is 2.61. The van der Waals surface area contributed by atoms with Crippen LogP contribution in [0.15, 0.2) is 24.4 Å². The molecule has 8 heteroatoms. The van der Waals surface area contributed by atoms with E-state index in [1.807, 2.05) is 33.1 Å². The number of aromatic nitrogens is 2. The SMILES string of the molecule is CN(C)c1ncc(NC(=O)c2cccc3c2OCCO3)c(N(C)C)n1. The first-order valence-electron chi connectivity index (χ1n) is 7.89. The second-order valence-electron chi connectivity index (χ2n) is 5.98. The lowest BCUT2D eigenvalue weighted by molar-refractivity contribution is 0.101. The Balaban J connectivity index is 1.91. The van der Waals surface area contributed by atoms with E-state index in [1.54, 1.807) is 29.3 Å². The van der Waals surface area contributed by atoms with Gasteiger partial charge in [0.15, 0.2) is 17.3 Å². The van der Waals surface area contributed by atoms with Crippen LogP contribution in [0.25, 0.3) is 0 Å². The molecule has 0 radical (unpaired) electrons. The summed E-state index contributed by atoms with van der Waals surface area (Å²) in [6.45, 7) is 0.892. The third kappa shape index (κ3) is 3.42. The van der Waals surface area contributed by atoms with Gasteiger partial charge in [0.2, 0.25) is 5.95 Å². The Morgan fingerprint density at radius 2 is 1.88 bits per heavy atom. The van der Waals surface area contributed by atoms with Crippen LogP contribution in [0.1, 0.15) is 10.4 Å². The normalized spacial score (nSPS) is 12.5. The van der Waals surface area contributed by atoms with Crippen LogP contribution in [0.5, 0.6) is 11.5 Å². The first-order chi connectivity index (χ1) is 12.0. The number of rotatable bonds is 4. The second kappa shape index (κ2) is 6.84. The molecule has 0 aliphatic carbocycles. The molecular formula is C17H21N5O3. The zero-order valence-electron chi connectivity index (χ0n) is 14.7. The molecule has 1 amide bonds. The number of hydrogen-bond donors (Lipinski definition) is 1. The first kappa shape index (κ1) is 16.8. The molecule has 0 saturated carbocycles. The molecule has 3 rings (SSSR count). The van der Waals surface area contributed by atoms with E-state index in [0.717, 1.165) is 0 Å². The standard InChI is InChI=1S/C17H21N5O3/c1-21(2)15-12(10-18-17(20-15)22(3)4)19-16(23)11-6-5-7-13-14(11)25-9-8-24-13/h5-7,10H,8-9H2,1-4H3,(H,19,23). The van der Waals surface area contributed by atoms with Crippen LogP contribution < -0.4 is 24.6 Å². The molecule has 1 aliphatic rings. The van der Waals surface area contributed by atoms with Crippen molar-refractivity contribution >= 4 is 23.4 Å². The van der Waals surface area contributed by atoms with E-state index in [0.29, 0.717) is 47.7 Å². The van der Waals surface area contributed by atoms with E-state index in [4.69, 9.17) is 9.47 Å². The van der Waals surface area contributed by atoms with Crippen molar-refractivity contribution in [3.05, 3.63) is 30.0 Å². The van der Waals surface area contributed by atoms with Crippen molar-refractivity contribution in [3.8, 4) is 11.5 Å². The van der Waals surface area contributed by atoms with Crippen LogP contribution in [0.2, 0.25) is 0 Å². The number of benzene rings is 1. The zero-order chi connectivity index (χ0) is 18.0. The molecule has 1 aromatic carbocycles. The summed E-state index contributed by atoms with van der Waals surface area (Å²) in [4.78, 5) is 25.1. The Bertz CT molecular complexity index is 792. The monoisotopic (exact) mass is 343 g/mol. The van der Waals surface area contributed by atoms with Crippen molar-refractivity contribution in [2.45, 2.75) is 0 Å². The van der Waals surface area contributed by atoms with Crippen LogP contribution >= 0.6 is 0 Å². The van der Waals surface area contributed by atoms with Gasteiger partial charge in [0.1, 0.15) is 18.9 Å². The summed E-state index contributed by atoms with van der Waals surface area (Å²) in [6.07, 6.45) is 1.60. The number of amides is 1. The third-order valence-electron chi connectivity index (χ3n) is 3.64. The number of nitrogens with one attached hydrogen (secondary N) is 1. The van der Waals surface area contributed by atoms with Crippen molar-refractivity contribution < 1.29 is 14.3 Å². The molecule has 132 valence electrons. The lowest BCUT2D eigenvalue weighted by atomic mass is 10.1. The highest BCUT2D eigenvalue weighted by Gasteiger charge is 2.22. The Labute approximate surface area is 146 Å². The zero-order valence-corrected chi connectivity index (χ0v) is 14.7. The van der Waals surface area contributed by atoms with Crippen LogP contribution in [-0.4, -0.2) is 57.3 Å². The maximum absolute atomic E-state index is 12.7. The Morgan fingerprint density at radius 1 is 1.12 bits per heavy atom. The van der Waals surface area contributed by atoms with Gasteiger partial charge >= 0.3 is 0 Å². The predicted octanol–water partition coefficient (Wildman–Crippen LogP) is 1.63. The molecule has 0 saturated heterocycles. The first-order valence-corrected chi connectivity index (χ1v) is 7.89. The highest BCUT2D eigenvalue weighted by Crippen LogP contribution is 2.34. The van der Waals surface area contributed by atoms with E-state index in [9.17, 15) is 4.79 Å². The number of nitrogens with zero attached hydrogens (tertiary/aromatic N) is 4. The highest BCUT2D eigenvalue weighted by molar-refractivity contribution is 6.07. The van der Waals surface area contributed by atoms with E-state index < -0.39 is 0 Å². The lowest BCUT2D eigenvalue weighted by Crippen LogP contribution is -2.22. The molecule has 1 N–H and O–H groups in total. The average molecular weight is 343 g/mol. The van der Waals surface area contributed by atoms with E-state index in [2.05, 4.69) is 15.3 Å². The van der Waals surface area contributed by atoms with Gasteiger partial charge in [-0.2, -0.15) is 4.98 Å². The van der Waals surface area contributed by atoms with Crippen LogP contribution in [-0.2, 0) is 0 Å². The van der Waals surface area contributed by atoms with Gasteiger partial charge in [0.25, 0.3) is 5.91 Å². The molecule has 2 heterocycles. The molecule has 0 bridgehead atoms. The third-order valence-corrected chi connectivity index (χ3v) is 3.64. The van der Waals surface area contributed by atoms with Gasteiger partial charge in [-0.1, -0.05) is 6.07 Å². The minimum absolute atomic E-state index is 0.299. The maximum atomic E-state index is 12.7. The minimum atomic E-state index is -0.299. The molecular weight excluding hydrogens is 322 g/mol. The fraction of sp³-hybridized carbons (Fsp3) is 0.353. The van der Waals surface area contributed by atoms with Crippen LogP contribution in [0, 0.1) is 0 Å². The molecule has 8 nitrogen and oxygen atoms in total. The molecule has 0 atom stereocenters. The molecule has 25 heavy (non-hydrogen) atoms. The van der Waals surface area contributed by atoms with Gasteiger partial charge < -0.3 is 24.6 Å². The largest absolute Gasteiger partial charge is 0.486 e. The number of carbonyl (C=O) groups is 1. The number of para-hydroxylation sites is 1. The van der Waals surface area contributed by atoms with Crippen molar-refractivity contribution in [2.24, 2.45) is 0 Å². The number of hydrogen-bond acceptors (Lipinski definition) is 7. The minimum Gasteiger partial charge on any atom is -0.486 e. The van der Waals surface area contributed by atoms with Gasteiger partial charge in [-0.05, 0) is 12.1 Å². The molecule has 0 fully saturated rings. The Hall–Kier alpha value is -3.03. The number of carbonyl (C=O) groups excluding carboxylic acids is 1. The molecule has 2 aromatic rings. The summed E-state index contributed by atoms with van der Waals surface area (Å²) in [5.74, 6) is 1.92. The van der Waals surface area contributed by atoms with Crippen molar-refractivity contribution in [2.75, 3.05) is 56.5 Å². The van der Waals surface area contributed by atoms with Crippen molar-refractivity contribution in [1.82, 2.24) is 9.97 Å². The second-order valence-corrected chi connectivity index (χ2v) is 5.98. The number of fused-ring (bicyclic) bond motifs is 1. The molecule has 0 unspecified atom stereocenters. The summed E-state index contributed by atoms with van der Waals surface area (Å²) < 4.78 is 11.1. The maximum Gasteiger partial charge on any atom is 0.259 e. The van der Waals surface area contributed by atoms with Gasteiger partial charge in [-0.15, -0.1) is 0 Å². The summed E-state index contributed by atoms with van der Waals surface area (Å²) in [5, 5.41) is 2.86. The van der Waals surface area contributed by atoms with Crippen LogP contribution in [0.4, 0.5) is 17.5 Å². The lowest BCUT2D eigenvalue weighted by Gasteiger charge is -2.22. The van der Waals surface area contributed by atoms with Crippen LogP contribution in [0.3, 0.4) is 0 Å². The quantitative estimate of drug-likeness (QED) is 0.904. The molecule has 0 spiro atoms. The highest BCUT2D eigenvalue weighted by atomic mass is 16.6. The van der Waals surface area contributed by atoms with E-state index in [-0.39, 0.29) is 5.91 Å². The van der Waals surface area contributed by atoms with E-state index >= 15 is 0 Å². The fourth-order valence-corrected chi connectivity index (χ4v) is 2.45. The van der Waals surface area contributed by atoms with E-state index in [1.165, 1.54) is 0 Å². The Kier molecular flexibility index (Phi) is 4.60. The van der Waals surface area contributed by atoms with Crippen molar-refractivity contribution in [3.63, 3.8) is 0 Å². The predicted molar refractivity (Wildman–Crippen MR) is 96.1 cm³/mol. The Morgan fingerprint density at radius 3 is 2.60 bits per heavy atom. The van der Waals surface area contributed by atoms with Crippen molar-refractivity contribution in [1.29, 1.82) is 0 Å². The smallest absolute Gasteiger partial charge is 0.259 e. The topological polar surface area (TPSA) is 79.8 Å². The fourth-order valence-electron chi connectivity index (χ4n) is 2.45. The van der Waals surface area contributed by atoms with Gasteiger partial charge in [-0.3, -0.25) is 4.79 Å². The molecule has 1 aromatic heterocycles. The summed E-state index contributed by atoms with van der Waals surface area (Å²) >= 11 is 0. The number of anilines is 3.